The van der Waals surface area contributed by atoms with Crippen LogP contribution in [-0.4, -0.2) is 29.7 Å². The van der Waals surface area contributed by atoms with Gasteiger partial charge < -0.3 is 21.0 Å². The lowest BCUT2D eigenvalue weighted by Gasteiger charge is -2.22. The molecule has 2 rings (SSSR count). The van der Waals surface area contributed by atoms with Crippen LogP contribution >= 0.6 is 0 Å². The fourth-order valence-corrected chi connectivity index (χ4v) is 2.36. The molecule has 0 saturated carbocycles. The predicted molar refractivity (Wildman–Crippen MR) is 80.4 cm³/mol. The number of nitrogens with two attached hydrogens (primary N) is 1. The Morgan fingerprint density at radius 2 is 2.33 bits per heavy atom. The van der Waals surface area contributed by atoms with Gasteiger partial charge in [0.2, 0.25) is 5.91 Å². The van der Waals surface area contributed by atoms with E-state index in [0.717, 1.165) is 25.9 Å². The molecule has 4 N–H and O–H groups in total. The van der Waals surface area contributed by atoms with Crippen molar-refractivity contribution in [2.75, 3.05) is 11.9 Å². The van der Waals surface area contributed by atoms with Crippen molar-refractivity contribution in [3.05, 3.63) is 29.8 Å². The van der Waals surface area contributed by atoms with Gasteiger partial charge in [-0.1, -0.05) is 17.3 Å². The first kappa shape index (κ1) is 15.3. The van der Waals surface area contributed by atoms with Crippen LogP contribution in [0.5, 0.6) is 0 Å². The summed E-state index contributed by atoms with van der Waals surface area (Å²) in [6.45, 7) is 0.800. The summed E-state index contributed by atoms with van der Waals surface area (Å²) in [5, 5.41) is 14.4. The molecule has 1 saturated heterocycles. The number of hydrogen-bond donors (Lipinski definition) is 3. The van der Waals surface area contributed by atoms with Crippen molar-refractivity contribution in [3.8, 4) is 0 Å². The van der Waals surface area contributed by atoms with Crippen molar-refractivity contribution in [2.45, 2.75) is 38.2 Å². The Kier molecular flexibility index (Phi) is 5.57. The summed E-state index contributed by atoms with van der Waals surface area (Å²) in [6, 6.07) is 6.89. The summed E-state index contributed by atoms with van der Waals surface area (Å²) in [7, 11) is 0. The molecule has 1 heterocycles. The maximum Gasteiger partial charge on any atom is 0.224 e. The molecule has 6 heteroatoms. The molecule has 21 heavy (non-hydrogen) atoms. The molecule has 6 nitrogen and oxygen atoms in total. The van der Waals surface area contributed by atoms with Crippen LogP contribution in [0.2, 0.25) is 0 Å². The smallest absolute Gasteiger partial charge is 0.224 e. The van der Waals surface area contributed by atoms with Crippen LogP contribution in [0, 0.1) is 0 Å². The number of rotatable bonds is 5. The maximum atomic E-state index is 11.9. The molecular formula is C15H21N3O3. The molecule has 1 atom stereocenters. The largest absolute Gasteiger partial charge is 0.409 e. The number of carbonyl (C=O) groups is 1. The Labute approximate surface area is 124 Å². The molecule has 1 aromatic rings. The predicted octanol–water partition coefficient (Wildman–Crippen LogP) is 2.07. The van der Waals surface area contributed by atoms with Crippen molar-refractivity contribution in [3.63, 3.8) is 0 Å². The monoisotopic (exact) mass is 291 g/mol. The van der Waals surface area contributed by atoms with Crippen LogP contribution in [0.25, 0.3) is 0 Å². The minimum atomic E-state index is -0.0548. The zero-order chi connectivity index (χ0) is 15.1. The van der Waals surface area contributed by atoms with Gasteiger partial charge in [0.1, 0.15) is 0 Å². The minimum Gasteiger partial charge on any atom is -0.409 e. The molecule has 1 aromatic carbocycles. The number of oxime groups is 1. The SMILES string of the molecule is NC(=NO)c1cccc(NC(=O)CCC2CCCCO2)c1. The third-order valence-corrected chi connectivity index (χ3v) is 3.52. The lowest BCUT2D eigenvalue weighted by atomic mass is 10.0. The van der Waals surface area contributed by atoms with Gasteiger partial charge in [0.15, 0.2) is 5.84 Å². The van der Waals surface area contributed by atoms with E-state index in [1.54, 1.807) is 24.3 Å². The minimum absolute atomic E-state index is 0.0155. The summed E-state index contributed by atoms with van der Waals surface area (Å²) < 4.78 is 5.60. The molecule has 1 aliphatic heterocycles. The Morgan fingerprint density at radius 1 is 1.48 bits per heavy atom. The molecule has 0 bridgehead atoms. The van der Waals surface area contributed by atoms with Crippen LogP contribution < -0.4 is 11.1 Å². The molecule has 1 fully saturated rings. The van der Waals surface area contributed by atoms with E-state index in [4.69, 9.17) is 15.7 Å². The second-order valence-electron chi connectivity index (χ2n) is 5.14. The van der Waals surface area contributed by atoms with Crippen molar-refractivity contribution >= 4 is 17.4 Å². The molecule has 1 aliphatic rings. The van der Waals surface area contributed by atoms with Crippen molar-refractivity contribution in [2.24, 2.45) is 10.9 Å². The standard InChI is InChI=1S/C15H21N3O3/c16-15(18-20)11-4-3-5-12(10-11)17-14(19)8-7-13-6-1-2-9-21-13/h3-5,10,13,20H,1-2,6-9H2,(H2,16,18)(H,17,19). The number of anilines is 1. The topological polar surface area (TPSA) is 96.9 Å². The summed E-state index contributed by atoms with van der Waals surface area (Å²) in [4.78, 5) is 11.9. The number of amides is 1. The highest BCUT2D eigenvalue weighted by molar-refractivity contribution is 5.99. The Bertz CT molecular complexity index is 511. The van der Waals surface area contributed by atoms with E-state index in [-0.39, 0.29) is 17.8 Å². The van der Waals surface area contributed by atoms with Gasteiger partial charge >= 0.3 is 0 Å². The van der Waals surface area contributed by atoms with Crippen LogP contribution in [0.1, 0.15) is 37.7 Å². The van der Waals surface area contributed by atoms with E-state index < -0.39 is 0 Å². The molecule has 0 aliphatic carbocycles. The molecule has 1 unspecified atom stereocenters. The van der Waals surface area contributed by atoms with Crippen molar-refractivity contribution in [1.82, 2.24) is 0 Å². The van der Waals surface area contributed by atoms with Gasteiger partial charge in [-0.25, -0.2) is 0 Å². The van der Waals surface area contributed by atoms with Gasteiger partial charge in [-0.2, -0.15) is 0 Å². The fraction of sp³-hybridized carbons (Fsp3) is 0.467. The van der Waals surface area contributed by atoms with Gasteiger partial charge in [0.25, 0.3) is 0 Å². The first-order valence-corrected chi connectivity index (χ1v) is 7.18. The van der Waals surface area contributed by atoms with Crippen LogP contribution in [0.4, 0.5) is 5.69 Å². The van der Waals surface area contributed by atoms with Crippen LogP contribution in [0.15, 0.2) is 29.4 Å². The van der Waals surface area contributed by atoms with Gasteiger partial charge in [0.05, 0.1) is 6.10 Å². The highest BCUT2D eigenvalue weighted by Gasteiger charge is 2.15. The Balaban J connectivity index is 1.84. The number of ether oxygens (including phenoxy) is 1. The Morgan fingerprint density at radius 3 is 3.05 bits per heavy atom. The highest BCUT2D eigenvalue weighted by atomic mass is 16.5. The number of benzene rings is 1. The number of nitrogens with one attached hydrogen (secondary N) is 1. The molecular weight excluding hydrogens is 270 g/mol. The van der Waals surface area contributed by atoms with E-state index in [1.165, 1.54) is 6.42 Å². The zero-order valence-corrected chi connectivity index (χ0v) is 11.9. The quantitative estimate of drug-likeness (QED) is 0.335. The van der Waals surface area contributed by atoms with Crippen molar-refractivity contribution in [1.29, 1.82) is 0 Å². The van der Waals surface area contributed by atoms with E-state index in [1.807, 2.05) is 0 Å². The second-order valence-corrected chi connectivity index (χ2v) is 5.14. The number of nitrogens with zero attached hydrogens (tertiary/aromatic N) is 1. The highest BCUT2D eigenvalue weighted by Crippen LogP contribution is 2.17. The van der Waals surface area contributed by atoms with E-state index in [2.05, 4.69) is 10.5 Å². The van der Waals surface area contributed by atoms with E-state index in [0.29, 0.717) is 17.7 Å². The summed E-state index contributed by atoms with van der Waals surface area (Å²) in [5.74, 6) is -0.0393. The molecule has 0 radical (unpaired) electrons. The Hall–Kier alpha value is -2.08. The number of hydrogen-bond acceptors (Lipinski definition) is 4. The molecule has 0 aromatic heterocycles. The van der Waals surface area contributed by atoms with Gasteiger partial charge in [-0.15, -0.1) is 0 Å². The fourth-order valence-electron chi connectivity index (χ4n) is 2.36. The second kappa shape index (κ2) is 7.64. The first-order chi connectivity index (χ1) is 10.2. The van der Waals surface area contributed by atoms with Crippen molar-refractivity contribution < 1.29 is 14.7 Å². The van der Waals surface area contributed by atoms with E-state index >= 15 is 0 Å². The van der Waals surface area contributed by atoms with Gasteiger partial charge in [-0.05, 0) is 37.8 Å². The third-order valence-electron chi connectivity index (χ3n) is 3.52. The molecule has 0 spiro atoms. The van der Waals surface area contributed by atoms with Gasteiger partial charge in [0, 0.05) is 24.3 Å². The summed E-state index contributed by atoms with van der Waals surface area (Å²) in [5.41, 5.74) is 6.71. The maximum absolute atomic E-state index is 11.9. The normalized spacial score (nSPS) is 19.2. The van der Waals surface area contributed by atoms with E-state index in [9.17, 15) is 4.79 Å². The molecule has 114 valence electrons. The number of carbonyl (C=O) groups excluding carboxylic acids is 1. The van der Waals surface area contributed by atoms with Crippen LogP contribution in [0.3, 0.4) is 0 Å². The average Bonchev–Trinajstić information content (AvgIpc) is 2.53. The van der Waals surface area contributed by atoms with Gasteiger partial charge in [-0.3, -0.25) is 4.79 Å². The zero-order valence-electron chi connectivity index (χ0n) is 11.9. The first-order valence-electron chi connectivity index (χ1n) is 7.18. The van der Waals surface area contributed by atoms with Crippen LogP contribution in [-0.2, 0) is 9.53 Å². The summed E-state index contributed by atoms with van der Waals surface area (Å²) >= 11 is 0. The number of amidine groups is 1. The third kappa shape index (κ3) is 4.75. The lowest BCUT2D eigenvalue weighted by molar-refractivity contribution is -0.117. The summed E-state index contributed by atoms with van der Waals surface area (Å²) in [6.07, 6.45) is 4.70. The lowest BCUT2D eigenvalue weighted by Crippen LogP contribution is -2.22. The molecule has 1 amide bonds. The average molecular weight is 291 g/mol.